The molecule has 1 aliphatic rings. The minimum Gasteiger partial charge on any atom is -0.466 e. The SMILES string of the molecule is CCOC(=O)[C@@H]1[C@@H](c2ccccc2)C(C#N)=C(C(SC)SC)[C@@]1(O)c1ccccc1. The van der Waals surface area contributed by atoms with Gasteiger partial charge in [-0.25, -0.2) is 0 Å². The summed E-state index contributed by atoms with van der Waals surface area (Å²) in [5.74, 6) is -2.03. The Kier molecular flexibility index (Phi) is 7.30. The van der Waals surface area contributed by atoms with Crippen LogP contribution in [0.2, 0.25) is 0 Å². The zero-order chi connectivity index (χ0) is 21.7. The van der Waals surface area contributed by atoms with Crippen LogP contribution in [0.1, 0.15) is 24.0 Å². The van der Waals surface area contributed by atoms with E-state index in [0.717, 1.165) is 5.56 Å². The van der Waals surface area contributed by atoms with Gasteiger partial charge in [0.25, 0.3) is 0 Å². The monoisotopic (exact) mass is 439 g/mol. The van der Waals surface area contributed by atoms with Gasteiger partial charge in [0.2, 0.25) is 0 Å². The topological polar surface area (TPSA) is 70.3 Å². The predicted octanol–water partition coefficient (Wildman–Crippen LogP) is 4.72. The van der Waals surface area contributed by atoms with Crippen molar-refractivity contribution in [2.45, 2.75) is 23.0 Å². The fourth-order valence-electron chi connectivity index (χ4n) is 4.30. The fourth-order valence-corrected chi connectivity index (χ4v) is 6.16. The summed E-state index contributed by atoms with van der Waals surface area (Å²) in [6.45, 7) is 1.95. The second-order valence-electron chi connectivity index (χ2n) is 6.99. The number of ether oxygens (including phenoxy) is 1. The highest BCUT2D eigenvalue weighted by molar-refractivity contribution is 8.16. The fraction of sp³-hybridized carbons (Fsp3) is 0.333. The number of carbonyl (C=O) groups is 1. The molecule has 0 amide bonds. The molecular formula is C24H25NO3S2. The molecule has 30 heavy (non-hydrogen) atoms. The standard InChI is InChI=1S/C24H25NO3S2/c1-4-28-22(26)21-19(16-11-7-5-8-12-16)18(15-25)20(23(29-2)30-3)24(21,27)17-13-9-6-10-14-17/h5-14,19,21,23,27H,4H2,1-3H3/t19-,21-,24-/m0/s1. The van der Waals surface area contributed by atoms with Gasteiger partial charge >= 0.3 is 5.97 Å². The summed E-state index contributed by atoms with van der Waals surface area (Å²) in [6, 6.07) is 21.0. The first kappa shape index (κ1) is 22.5. The molecule has 3 atom stereocenters. The molecule has 2 aromatic rings. The lowest BCUT2D eigenvalue weighted by Crippen LogP contribution is -2.42. The highest BCUT2D eigenvalue weighted by atomic mass is 32.2. The number of nitriles is 1. The minimum atomic E-state index is -1.64. The Morgan fingerprint density at radius 3 is 2.20 bits per heavy atom. The molecule has 1 aliphatic carbocycles. The molecule has 156 valence electrons. The van der Waals surface area contributed by atoms with Crippen molar-refractivity contribution >= 4 is 29.5 Å². The van der Waals surface area contributed by atoms with Crippen molar-refractivity contribution in [3.05, 3.63) is 82.9 Å². The van der Waals surface area contributed by atoms with E-state index < -0.39 is 23.4 Å². The minimum absolute atomic E-state index is 0.185. The molecule has 0 saturated heterocycles. The van der Waals surface area contributed by atoms with Crippen molar-refractivity contribution in [2.24, 2.45) is 5.92 Å². The van der Waals surface area contributed by atoms with Crippen molar-refractivity contribution in [3.63, 3.8) is 0 Å². The Balaban J connectivity index is 2.36. The van der Waals surface area contributed by atoms with Crippen molar-refractivity contribution in [1.29, 1.82) is 5.26 Å². The van der Waals surface area contributed by atoms with E-state index in [1.807, 2.05) is 73.2 Å². The smallest absolute Gasteiger partial charge is 0.313 e. The van der Waals surface area contributed by atoms with Gasteiger partial charge in [0, 0.05) is 17.1 Å². The molecule has 0 bridgehead atoms. The summed E-state index contributed by atoms with van der Waals surface area (Å²) in [5.41, 5.74) is 0.799. The van der Waals surface area contributed by atoms with Crippen LogP contribution in [0.25, 0.3) is 0 Å². The maximum Gasteiger partial charge on any atom is 0.313 e. The first-order chi connectivity index (χ1) is 14.5. The van der Waals surface area contributed by atoms with Crippen LogP contribution in [0.5, 0.6) is 0 Å². The lowest BCUT2D eigenvalue weighted by Gasteiger charge is -2.36. The van der Waals surface area contributed by atoms with Crippen LogP contribution in [-0.4, -0.2) is 34.8 Å². The van der Waals surface area contributed by atoms with E-state index in [1.54, 1.807) is 30.4 Å². The Hall–Kier alpha value is -2.20. The number of hydrogen-bond donors (Lipinski definition) is 1. The summed E-state index contributed by atoms with van der Waals surface area (Å²) in [5, 5.41) is 22.5. The molecule has 0 aliphatic heterocycles. The quantitative estimate of drug-likeness (QED) is 0.497. The third-order valence-electron chi connectivity index (χ3n) is 5.49. The maximum atomic E-state index is 13.3. The number of hydrogen-bond acceptors (Lipinski definition) is 6. The molecule has 0 unspecified atom stereocenters. The second kappa shape index (κ2) is 9.74. The summed E-state index contributed by atoms with van der Waals surface area (Å²) < 4.78 is 5.25. The highest BCUT2D eigenvalue weighted by Crippen LogP contribution is 2.58. The zero-order valence-electron chi connectivity index (χ0n) is 17.2. The molecule has 3 rings (SSSR count). The van der Waals surface area contributed by atoms with E-state index in [-0.39, 0.29) is 11.2 Å². The lowest BCUT2D eigenvalue weighted by atomic mass is 9.75. The number of nitrogens with zero attached hydrogens (tertiary/aromatic N) is 1. The third kappa shape index (κ3) is 3.78. The summed E-state index contributed by atoms with van der Waals surface area (Å²) in [7, 11) is 0. The van der Waals surface area contributed by atoms with Gasteiger partial charge in [-0.15, -0.1) is 23.5 Å². The third-order valence-corrected chi connectivity index (χ3v) is 7.98. The number of rotatable bonds is 7. The normalized spacial score (nSPS) is 23.5. The van der Waals surface area contributed by atoms with Crippen LogP contribution >= 0.6 is 23.5 Å². The molecule has 0 saturated carbocycles. The molecule has 0 fully saturated rings. The average Bonchev–Trinajstić information content (AvgIpc) is 3.06. The Bertz CT molecular complexity index is 951. The number of aliphatic hydroxyl groups is 1. The van der Waals surface area contributed by atoms with E-state index in [1.165, 1.54) is 0 Å². The van der Waals surface area contributed by atoms with E-state index in [9.17, 15) is 15.2 Å². The van der Waals surface area contributed by atoms with Crippen LogP contribution < -0.4 is 0 Å². The first-order valence-electron chi connectivity index (χ1n) is 9.74. The van der Waals surface area contributed by atoms with E-state index in [0.29, 0.717) is 16.7 Å². The Morgan fingerprint density at radius 2 is 1.70 bits per heavy atom. The van der Waals surface area contributed by atoms with Gasteiger partial charge in [-0.2, -0.15) is 5.26 Å². The van der Waals surface area contributed by atoms with E-state index in [2.05, 4.69) is 6.07 Å². The van der Waals surface area contributed by atoms with Gasteiger partial charge in [0.15, 0.2) is 0 Å². The highest BCUT2D eigenvalue weighted by Gasteiger charge is 2.60. The predicted molar refractivity (Wildman–Crippen MR) is 123 cm³/mol. The van der Waals surface area contributed by atoms with Gasteiger partial charge in [-0.05, 0) is 30.6 Å². The van der Waals surface area contributed by atoms with Gasteiger partial charge < -0.3 is 9.84 Å². The number of esters is 1. The lowest BCUT2D eigenvalue weighted by molar-refractivity contribution is -0.156. The van der Waals surface area contributed by atoms with Gasteiger partial charge in [-0.3, -0.25) is 4.79 Å². The number of benzene rings is 2. The van der Waals surface area contributed by atoms with Crippen LogP contribution in [-0.2, 0) is 15.1 Å². The largest absolute Gasteiger partial charge is 0.466 e. The molecule has 4 nitrogen and oxygen atoms in total. The van der Waals surface area contributed by atoms with Crippen molar-refractivity contribution in [2.75, 3.05) is 19.1 Å². The molecule has 6 heteroatoms. The van der Waals surface area contributed by atoms with E-state index in [4.69, 9.17) is 4.74 Å². The maximum absolute atomic E-state index is 13.3. The molecule has 2 aromatic carbocycles. The van der Waals surface area contributed by atoms with Crippen LogP contribution in [0.4, 0.5) is 0 Å². The molecule has 0 spiro atoms. The Morgan fingerprint density at radius 1 is 1.13 bits per heavy atom. The zero-order valence-corrected chi connectivity index (χ0v) is 18.9. The van der Waals surface area contributed by atoms with Crippen molar-refractivity contribution in [3.8, 4) is 6.07 Å². The molecule has 0 heterocycles. The molecule has 0 aromatic heterocycles. The second-order valence-corrected chi connectivity index (χ2v) is 9.18. The number of thioether (sulfide) groups is 2. The van der Waals surface area contributed by atoms with E-state index >= 15 is 0 Å². The summed E-state index contributed by atoms with van der Waals surface area (Å²) in [4.78, 5) is 13.3. The van der Waals surface area contributed by atoms with Gasteiger partial charge in [-0.1, -0.05) is 60.7 Å². The Labute approximate surface area is 186 Å². The molecule has 0 radical (unpaired) electrons. The number of allylic oxidation sites excluding steroid dienone is 1. The summed E-state index contributed by atoms with van der Waals surface area (Å²) in [6.07, 6.45) is 3.90. The number of carbonyl (C=O) groups excluding carboxylic acids is 1. The first-order valence-corrected chi connectivity index (χ1v) is 12.3. The molecular weight excluding hydrogens is 414 g/mol. The van der Waals surface area contributed by atoms with Crippen LogP contribution in [0, 0.1) is 17.2 Å². The van der Waals surface area contributed by atoms with Crippen molar-refractivity contribution < 1.29 is 14.6 Å². The summed E-state index contributed by atoms with van der Waals surface area (Å²) >= 11 is 3.10. The van der Waals surface area contributed by atoms with Gasteiger partial charge in [0.05, 0.1) is 17.3 Å². The van der Waals surface area contributed by atoms with Crippen LogP contribution in [0.15, 0.2) is 71.8 Å². The van der Waals surface area contributed by atoms with Gasteiger partial charge in [0.1, 0.15) is 11.5 Å². The average molecular weight is 440 g/mol. The molecule has 1 N–H and O–H groups in total. The van der Waals surface area contributed by atoms with Crippen LogP contribution in [0.3, 0.4) is 0 Å². The van der Waals surface area contributed by atoms with Crippen molar-refractivity contribution in [1.82, 2.24) is 0 Å².